The number of carbonyl (C=O) groups excluding carboxylic acids is 1. The highest BCUT2D eigenvalue weighted by atomic mass is 35.5. The normalized spacial score (nSPS) is 12.6. The summed E-state index contributed by atoms with van der Waals surface area (Å²) in [5, 5.41) is 12.9. The topological polar surface area (TPSA) is 64.2 Å². The van der Waals surface area contributed by atoms with Gasteiger partial charge in [-0.1, -0.05) is 23.7 Å². The van der Waals surface area contributed by atoms with Crippen LogP contribution in [-0.2, 0) is 11.3 Å². The fourth-order valence-corrected chi connectivity index (χ4v) is 3.22. The van der Waals surface area contributed by atoms with E-state index >= 15 is 0 Å². The number of hydrogen-bond donors (Lipinski definition) is 1. The summed E-state index contributed by atoms with van der Waals surface area (Å²) in [6, 6.07) is 13.0. The second-order valence-corrected chi connectivity index (χ2v) is 6.30. The summed E-state index contributed by atoms with van der Waals surface area (Å²) in [7, 11) is 0. The second kappa shape index (κ2) is 6.22. The van der Waals surface area contributed by atoms with Gasteiger partial charge in [0.25, 0.3) is 0 Å². The molecule has 0 unspecified atom stereocenters. The summed E-state index contributed by atoms with van der Waals surface area (Å²) in [6.07, 6.45) is 3.75. The second-order valence-electron chi connectivity index (χ2n) is 5.89. The van der Waals surface area contributed by atoms with Gasteiger partial charge in [-0.05, 0) is 37.3 Å². The lowest BCUT2D eigenvalue weighted by Gasteiger charge is -2.13. The largest absolute Gasteiger partial charge is 0.345 e. The molecule has 0 radical (unpaired) electrons. The van der Waals surface area contributed by atoms with Gasteiger partial charge < -0.3 is 9.88 Å². The van der Waals surface area contributed by atoms with Crippen molar-refractivity contribution in [2.24, 2.45) is 0 Å². The smallest absolute Gasteiger partial charge is 0.240 e. The minimum atomic E-state index is -0.254. The number of hydrogen-bond acceptors (Lipinski definition) is 3. The van der Waals surface area contributed by atoms with Gasteiger partial charge in [0.1, 0.15) is 6.54 Å². The van der Waals surface area contributed by atoms with Crippen molar-refractivity contribution in [3.05, 3.63) is 65.7 Å². The first-order valence-electron chi connectivity index (χ1n) is 7.96. The fraction of sp³-hybridized carbons (Fsp3) is 0.167. The molecule has 0 bridgehead atoms. The zero-order chi connectivity index (χ0) is 17.4. The number of fused-ring (bicyclic) bond motifs is 2. The number of amides is 1. The van der Waals surface area contributed by atoms with E-state index in [2.05, 4.69) is 15.5 Å². The van der Waals surface area contributed by atoms with Crippen LogP contribution in [0.15, 0.2) is 54.9 Å². The highest BCUT2D eigenvalue weighted by Crippen LogP contribution is 2.24. The average molecular weight is 354 g/mol. The number of nitrogens with zero attached hydrogens (tertiary/aromatic N) is 4. The molecule has 0 saturated carbocycles. The van der Waals surface area contributed by atoms with Crippen molar-refractivity contribution in [2.45, 2.75) is 19.5 Å². The molecule has 0 aliphatic heterocycles. The third-order valence-electron chi connectivity index (χ3n) is 4.18. The van der Waals surface area contributed by atoms with Crippen LogP contribution in [-0.4, -0.2) is 25.1 Å². The molecule has 1 aromatic carbocycles. The van der Waals surface area contributed by atoms with Gasteiger partial charge >= 0.3 is 0 Å². The average Bonchev–Trinajstić information content (AvgIpc) is 3.20. The van der Waals surface area contributed by atoms with Gasteiger partial charge in [0.15, 0.2) is 11.5 Å². The third kappa shape index (κ3) is 2.85. The van der Waals surface area contributed by atoms with E-state index in [1.165, 1.54) is 0 Å². The monoisotopic (exact) mass is 353 g/mol. The Morgan fingerprint density at radius 3 is 2.92 bits per heavy atom. The maximum atomic E-state index is 12.5. The number of nitrogens with one attached hydrogen (secondary N) is 1. The lowest BCUT2D eigenvalue weighted by molar-refractivity contribution is -0.122. The molecule has 3 aromatic heterocycles. The predicted molar refractivity (Wildman–Crippen MR) is 96.5 cm³/mol. The minimum absolute atomic E-state index is 0.0994. The molecule has 25 heavy (non-hydrogen) atoms. The number of pyridine rings is 1. The van der Waals surface area contributed by atoms with Crippen LogP contribution in [0.1, 0.15) is 18.8 Å². The van der Waals surface area contributed by atoms with E-state index in [0.29, 0.717) is 10.8 Å². The number of carbonyl (C=O) groups is 1. The Labute approximate surface area is 149 Å². The van der Waals surface area contributed by atoms with E-state index in [1.807, 2.05) is 70.7 Å². The molecule has 0 aliphatic carbocycles. The van der Waals surface area contributed by atoms with Gasteiger partial charge in [-0.15, -0.1) is 10.2 Å². The molecular weight excluding hydrogens is 338 g/mol. The standard InChI is InChI=1S/C18H16ClN5O/c1-12(18-22-21-16-7-2-3-9-24(16)18)20-17(25)11-23-10-8-13-14(19)5-4-6-15(13)23/h2-10,12H,11H2,1H3,(H,20,25)/t12-/m1/s1. The quantitative estimate of drug-likeness (QED) is 0.612. The Hall–Kier alpha value is -2.86. The van der Waals surface area contributed by atoms with E-state index in [0.717, 1.165) is 16.6 Å². The number of halogens is 1. The van der Waals surface area contributed by atoms with E-state index in [9.17, 15) is 4.79 Å². The van der Waals surface area contributed by atoms with Crippen LogP contribution in [0.25, 0.3) is 16.6 Å². The SMILES string of the molecule is C[C@@H](NC(=O)Cn1ccc2c(Cl)cccc21)c1nnc2ccccn12. The van der Waals surface area contributed by atoms with E-state index < -0.39 is 0 Å². The molecule has 0 fully saturated rings. The van der Waals surface area contributed by atoms with Crippen LogP contribution in [0.3, 0.4) is 0 Å². The summed E-state index contributed by atoms with van der Waals surface area (Å²) >= 11 is 6.18. The summed E-state index contributed by atoms with van der Waals surface area (Å²) in [6.45, 7) is 2.11. The molecule has 6 nitrogen and oxygen atoms in total. The number of aromatic nitrogens is 4. The van der Waals surface area contributed by atoms with Crippen molar-refractivity contribution in [1.82, 2.24) is 24.5 Å². The first-order valence-corrected chi connectivity index (χ1v) is 8.33. The first kappa shape index (κ1) is 15.7. The maximum Gasteiger partial charge on any atom is 0.240 e. The first-order chi connectivity index (χ1) is 12.1. The summed E-state index contributed by atoms with van der Waals surface area (Å²) in [4.78, 5) is 12.5. The van der Waals surface area contributed by atoms with Gasteiger partial charge in [0, 0.05) is 28.3 Å². The maximum absolute atomic E-state index is 12.5. The molecule has 7 heteroatoms. The van der Waals surface area contributed by atoms with Crippen LogP contribution in [0.4, 0.5) is 0 Å². The number of benzene rings is 1. The van der Waals surface area contributed by atoms with Gasteiger partial charge in [-0.2, -0.15) is 0 Å². The molecule has 0 saturated heterocycles. The van der Waals surface area contributed by atoms with Gasteiger partial charge in [-0.25, -0.2) is 0 Å². The van der Waals surface area contributed by atoms with E-state index in [1.54, 1.807) is 0 Å². The molecule has 1 atom stereocenters. The molecular formula is C18H16ClN5O. The summed E-state index contributed by atoms with van der Waals surface area (Å²) in [5.41, 5.74) is 1.69. The lowest BCUT2D eigenvalue weighted by atomic mass is 10.2. The molecule has 4 rings (SSSR count). The van der Waals surface area contributed by atoms with Crippen LogP contribution in [0.2, 0.25) is 5.02 Å². The van der Waals surface area contributed by atoms with Crippen molar-refractivity contribution >= 4 is 34.1 Å². The van der Waals surface area contributed by atoms with E-state index in [4.69, 9.17) is 11.6 Å². The Kier molecular flexibility index (Phi) is 3.89. The zero-order valence-electron chi connectivity index (χ0n) is 13.6. The van der Waals surface area contributed by atoms with Crippen molar-refractivity contribution in [1.29, 1.82) is 0 Å². The summed E-state index contributed by atoms with van der Waals surface area (Å²) in [5.74, 6) is 0.599. The molecule has 1 amide bonds. The van der Waals surface area contributed by atoms with Crippen molar-refractivity contribution in [3.63, 3.8) is 0 Å². The summed E-state index contributed by atoms with van der Waals surface area (Å²) < 4.78 is 3.75. The van der Waals surface area contributed by atoms with Crippen LogP contribution in [0.5, 0.6) is 0 Å². The lowest BCUT2D eigenvalue weighted by Crippen LogP contribution is -2.30. The Morgan fingerprint density at radius 1 is 1.16 bits per heavy atom. The highest BCUT2D eigenvalue weighted by Gasteiger charge is 2.16. The van der Waals surface area contributed by atoms with Gasteiger partial charge in [0.2, 0.25) is 5.91 Å². The fourth-order valence-electron chi connectivity index (χ4n) is 2.99. The zero-order valence-corrected chi connectivity index (χ0v) is 14.3. The molecule has 126 valence electrons. The van der Waals surface area contributed by atoms with Gasteiger partial charge in [0.05, 0.1) is 6.04 Å². The number of rotatable bonds is 4. The Balaban J connectivity index is 1.52. The minimum Gasteiger partial charge on any atom is -0.345 e. The molecule has 4 aromatic rings. The molecule has 1 N–H and O–H groups in total. The van der Waals surface area contributed by atoms with Crippen molar-refractivity contribution < 1.29 is 4.79 Å². The third-order valence-corrected chi connectivity index (χ3v) is 4.51. The van der Waals surface area contributed by atoms with Gasteiger partial charge in [-0.3, -0.25) is 9.20 Å². The van der Waals surface area contributed by atoms with Crippen molar-refractivity contribution in [2.75, 3.05) is 0 Å². The molecule has 3 heterocycles. The Bertz CT molecular complexity index is 1070. The Morgan fingerprint density at radius 2 is 2.04 bits per heavy atom. The van der Waals surface area contributed by atoms with Crippen LogP contribution < -0.4 is 5.32 Å². The van der Waals surface area contributed by atoms with Crippen molar-refractivity contribution in [3.8, 4) is 0 Å². The predicted octanol–water partition coefficient (Wildman–Crippen LogP) is 3.21. The highest BCUT2D eigenvalue weighted by molar-refractivity contribution is 6.35. The molecule has 0 spiro atoms. The van der Waals surface area contributed by atoms with Crippen LogP contribution in [0, 0.1) is 0 Å². The van der Waals surface area contributed by atoms with E-state index in [-0.39, 0.29) is 18.5 Å². The van der Waals surface area contributed by atoms with Crippen LogP contribution >= 0.6 is 11.6 Å². The molecule has 0 aliphatic rings.